The SMILES string of the molecule is COc1cc(C(N)C(=O)O)cc(C(C)F)c1OC. The van der Waals surface area contributed by atoms with Crippen LogP contribution in [-0.2, 0) is 4.79 Å². The molecule has 0 saturated carbocycles. The van der Waals surface area contributed by atoms with Crippen molar-refractivity contribution >= 4 is 5.97 Å². The maximum absolute atomic E-state index is 13.5. The van der Waals surface area contributed by atoms with Gasteiger partial charge in [-0.05, 0) is 24.6 Å². The van der Waals surface area contributed by atoms with Gasteiger partial charge >= 0.3 is 5.97 Å². The second-order valence-electron chi connectivity index (χ2n) is 3.78. The van der Waals surface area contributed by atoms with E-state index in [-0.39, 0.29) is 22.6 Å². The number of rotatable bonds is 5. The average Bonchev–Trinajstić information content (AvgIpc) is 2.35. The summed E-state index contributed by atoms with van der Waals surface area (Å²) >= 11 is 0. The van der Waals surface area contributed by atoms with E-state index in [4.69, 9.17) is 20.3 Å². The molecule has 0 aliphatic carbocycles. The predicted molar refractivity (Wildman–Crippen MR) is 63.6 cm³/mol. The zero-order chi connectivity index (χ0) is 13.9. The summed E-state index contributed by atoms with van der Waals surface area (Å²) in [6.45, 7) is 1.33. The molecule has 0 spiro atoms. The Balaban J connectivity index is 3.40. The number of ether oxygens (including phenoxy) is 2. The Labute approximate surface area is 104 Å². The number of carboxylic acids is 1. The minimum Gasteiger partial charge on any atom is -0.493 e. The van der Waals surface area contributed by atoms with Gasteiger partial charge in [-0.25, -0.2) is 4.39 Å². The zero-order valence-electron chi connectivity index (χ0n) is 10.4. The fraction of sp³-hybridized carbons (Fsp3) is 0.417. The third kappa shape index (κ3) is 2.70. The van der Waals surface area contributed by atoms with Crippen LogP contribution < -0.4 is 15.2 Å². The summed E-state index contributed by atoms with van der Waals surface area (Å²) in [6, 6.07) is 1.58. The smallest absolute Gasteiger partial charge is 0.325 e. The number of benzene rings is 1. The first kappa shape index (κ1) is 14.2. The summed E-state index contributed by atoms with van der Waals surface area (Å²) in [7, 11) is 2.78. The zero-order valence-corrected chi connectivity index (χ0v) is 10.4. The van der Waals surface area contributed by atoms with E-state index in [1.165, 1.54) is 33.3 Å². The van der Waals surface area contributed by atoms with Crippen LogP contribution in [0.25, 0.3) is 0 Å². The number of aliphatic carboxylic acids is 1. The molecule has 0 amide bonds. The average molecular weight is 257 g/mol. The van der Waals surface area contributed by atoms with Gasteiger partial charge in [0.25, 0.3) is 0 Å². The highest BCUT2D eigenvalue weighted by atomic mass is 19.1. The van der Waals surface area contributed by atoms with Crippen LogP contribution in [0.3, 0.4) is 0 Å². The number of halogens is 1. The lowest BCUT2D eigenvalue weighted by molar-refractivity contribution is -0.138. The molecule has 1 aromatic rings. The predicted octanol–water partition coefficient (Wildman–Crippen LogP) is 1.82. The molecule has 2 unspecified atom stereocenters. The largest absolute Gasteiger partial charge is 0.493 e. The van der Waals surface area contributed by atoms with Gasteiger partial charge in [0.05, 0.1) is 14.2 Å². The van der Waals surface area contributed by atoms with E-state index in [0.717, 1.165) is 0 Å². The fourth-order valence-electron chi connectivity index (χ4n) is 1.63. The van der Waals surface area contributed by atoms with Crippen LogP contribution in [0.15, 0.2) is 12.1 Å². The fourth-order valence-corrected chi connectivity index (χ4v) is 1.63. The lowest BCUT2D eigenvalue weighted by Gasteiger charge is -2.17. The standard InChI is InChI=1S/C12H16FNO4/c1-6(13)8-4-7(10(14)12(15)16)5-9(17-2)11(8)18-3/h4-6,10H,14H2,1-3H3,(H,15,16). The van der Waals surface area contributed by atoms with Crippen molar-refractivity contribution in [2.45, 2.75) is 19.1 Å². The van der Waals surface area contributed by atoms with Crippen molar-refractivity contribution in [2.75, 3.05) is 14.2 Å². The number of nitrogens with two attached hydrogens (primary N) is 1. The molecule has 0 heterocycles. The number of methoxy groups -OCH3 is 2. The van der Waals surface area contributed by atoms with E-state index in [1.54, 1.807) is 0 Å². The first-order valence-electron chi connectivity index (χ1n) is 5.30. The highest BCUT2D eigenvalue weighted by molar-refractivity contribution is 5.76. The third-order valence-electron chi connectivity index (χ3n) is 2.58. The molecule has 2 atom stereocenters. The number of hydrogen-bond donors (Lipinski definition) is 2. The molecule has 100 valence electrons. The minimum atomic E-state index is -1.32. The van der Waals surface area contributed by atoms with Gasteiger partial charge in [-0.15, -0.1) is 0 Å². The van der Waals surface area contributed by atoms with E-state index in [0.29, 0.717) is 0 Å². The van der Waals surface area contributed by atoms with E-state index >= 15 is 0 Å². The van der Waals surface area contributed by atoms with Crippen LogP contribution in [0.5, 0.6) is 11.5 Å². The lowest BCUT2D eigenvalue weighted by atomic mass is 10.0. The van der Waals surface area contributed by atoms with Crippen molar-refractivity contribution in [3.8, 4) is 11.5 Å². The molecular formula is C12H16FNO4. The summed E-state index contributed by atoms with van der Waals surface area (Å²) in [5.41, 5.74) is 5.98. The molecule has 5 nitrogen and oxygen atoms in total. The van der Waals surface area contributed by atoms with Crippen LogP contribution in [-0.4, -0.2) is 25.3 Å². The highest BCUT2D eigenvalue weighted by Gasteiger charge is 2.22. The molecule has 3 N–H and O–H groups in total. The molecule has 6 heteroatoms. The first-order valence-corrected chi connectivity index (χ1v) is 5.30. The van der Waals surface area contributed by atoms with Gasteiger partial charge in [-0.3, -0.25) is 4.79 Å². The van der Waals surface area contributed by atoms with E-state index in [1.807, 2.05) is 0 Å². The van der Waals surface area contributed by atoms with Crippen molar-refractivity contribution in [1.82, 2.24) is 0 Å². The van der Waals surface area contributed by atoms with Crippen LogP contribution in [0.4, 0.5) is 4.39 Å². The van der Waals surface area contributed by atoms with Crippen LogP contribution in [0, 0.1) is 0 Å². The highest BCUT2D eigenvalue weighted by Crippen LogP contribution is 2.38. The van der Waals surface area contributed by atoms with Crippen molar-refractivity contribution in [1.29, 1.82) is 0 Å². The van der Waals surface area contributed by atoms with Gasteiger partial charge in [0, 0.05) is 5.56 Å². The van der Waals surface area contributed by atoms with Gasteiger partial charge in [-0.1, -0.05) is 0 Å². The summed E-state index contributed by atoms with van der Waals surface area (Å²) in [5, 5.41) is 8.86. The van der Waals surface area contributed by atoms with Gasteiger partial charge in [-0.2, -0.15) is 0 Å². The second kappa shape index (κ2) is 5.68. The van der Waals surface area contributed by atoms with Crippen LogP contribution in [0.1, 0.15) is 30.3 Å². The van der Waals surface area contributed by atoms with Gasteiger partial charge in [0.15, 0.2) is 11.5 Å². The summed E-state index contributed by atoms with van der Waals surface area (Å²) in [4.78, 5) is 10.8. The molecule has 1 aromatic carbocycles. The van der Waals surface area contributed by atoms with Gasteiger partial charge in [0.2, 0.25) is 0 Å². The van der Waals surface area contributed by atoms with Crippen molar-refractivity contribution < 1.29 is 23.8 Å². The number of carbonyl (C=O) groups is 1. The molecule has 0 radical (unpaired) electrons. The monoisotopic (exact) mass is 257 g/mol. The normalized spacial score (nSPS) is 13.8. The first-order chi connectivity index (χ1) is 8.42. The second-order valence-corrected chi connectivity index (χ2v) is 3.78. The number of alkyl halides is 1. The molecule has 0 aliphatic heterocycles. The quantitative estimate of drug-likeness (QED) is 0.840. The van der Waals surface area contributed by atoms with E-state index < -0.39 is 18.2 Å². The molecule has 0 fully saturated rings. The number of hydrogen-bond acceptors (Lipinski definition) is 4. The van der Waals surface area contributed by atoms with E-state index in [9.17, 15) is 9.18 Å². The molecular weight excluding hydrogens is 241 g/mol. The minimum absolute atomic E-state index is 0.212. The number of carboxylic acid groups (broad SMARTS) is 1. The molecule has 0 aliphatic rings. The Morgan fingerprint density at radius 2 is 2.00 bits per heavy atom. The van der Waals surface area contributed by atoms with E-state index in [2.05, 4.69) is 0 Å². The Morgan fingerprint density at radius 1 is 1.39 bits per heavy atom. The molecule has 0 aromatic heterocycles. The Kier molecular flexibility index (Phi) is 4.49. The summed E-state index contributed by atoms with van der Waals surface area (Å²) in [6.07, 6.45) is -1.32. The maximum Gasteiger partial charge on any atom is 0.325 e. The molecule has 18 heavy (non-hydrogen) atoms. The lowest BCUT2D eigenvalue weighted by Crippen LogP contribution is -2.21. The van der Waals surface area contributed by atoms with Crippen molar-refractivity contribution in [3.63, 3.8) is 0 Å². The summed E-state index contributed by atoms with van der Waals surface area (Å²) in [5.74, 6) is -0.695. The third-order valence-corrected chi connectivity index (χ3v) is 2.58. The Morgan fingerprint density at radius 3 is 2.39 bits per heavy atom. The van der Waals surface area contributed by atoms with Gasteiger partial charge in [0.1, 0.15) is 12.2 Å². The van der Waals surface area contributed by atoms with Gasteiger partial charge < -0.3 is 20.3 Å². The molecule has 0 saturated heterocycles. The Hall–Kier alpha value is -1.82. The summed E-state index contributed by atoms with van der Waals surface area (Å²) < 4.78 is 23.6. The van der Waals surface area contributed by atoms with Crippen LogP contribution >= 0.6 is 0 Å². The maximum atomic E-state index is 13.5. The topological polar surface area (TPSA) is 81.8 Å². The van der Waals surface area contributed by atoms with Crippen LogP contribution in [0.2, 0.25) is 0 Å². The van der Waals surface area contributed by atoms with Crippen molar-refractivity contribution in [2.24, 2.45) is 5.73 Å². The molecule has 0 bridgehead atoms. The van der Waals surface area contributed by atoms with Crippen molar-refractivity contribution in [3.05, 3.63) is 23.3 Å². The molecule has 1 rings (SSSR count). The Bertz CT molecular complexity index is 448.